The van der Waals surface area contributed by atoms with Crippen molar-refractivity contribution < 1.29 is 49.1 Å². The zero-order valence-corrected chi connectivity index (χ0v) is 20.3. The Morgan fingerprint density at radius 2 is 1.61 bits per heavy atom. The van der Waals surface area contributed by atoms with Crippen LogP contribution < -0.4 is 14.6 Å². The van der Waals surface area contributed by atoms with Crippen molar-refractivity contribution in [3.8, 4) is 5.75 Å². The molecule has 36 heavy (non-hydrogen) atoms. The van der Waals surface area contributed by atoms with Gasteiger partial charge < -0.3 is 14.7 Å². The summed E-state index contributed by atoms with van der Waals surface area (Å²) in [5.74, 6) is -1.43. The second-order valence-electron chi connectivity index (χ2n) is 7.63. The largest absolute Gasteiger partial charge is 0.511 e. The fourth-order valence-corrected chi connectivity index (χ4v) is 4.19. The molecule has 2 rings (SSSR count). The lowest BCUT2D eigenvalue weighted by atomic mass is 10.1. The van der Waals surface area contributed by atoms with Crippen LogP contribution in [0.3, 0.4) is 0 Å². The number of halogens is 5. The summed E-state index contributed by atoms with van der Waals surface area (Å²) in [6.45, 7) is 0.0854. The van der Waals surface area contributed by atoms with Gasteiger partial charge in [0.05, 0.1) is 0 Å². The quantitative estimate of drug-likeness (QED) is 0.194. The molecule has 0 aliphatic carbocycles. The number of hydrogen-bond donors (Lipinski definition) is 3. The van der Waals surface area contributed by atoms with Crippen LogP contribution in [0, 0.1) is 0 Å². The van der Waals surface area contributed by atoms with Crippen LogP contribution >= 0.6 is 7.60 Å². The minimum absolute atomic E-state index is 0.0854. The van der Waals surface area contributed by atoms with E-state index in [1.807, 2.05) is 30.3 Å². The number of carbonyl (C=O) groups is 1. The number of hydrogen-bond acceptors (Lipinski definition) is 5. The first-order valence-corrected chi connectivity index (χ1v) is 13.6. The summed E-state index contributed by atoms with van der Waals surface area (Å²) in [4.78, 5) is 21.6. The van der Waals surface area contributed by atoms with Crippen LogP contribution in [0.25, 0.3) is 0 Å². The van der Waals surface area contributed by atoms with Gasteiger partial charge in [-0.2, -0.15) is 26.7 Å². The first-order valence-electron chi connectivity index (χ1n) is 10.5. The molecular formula is C21H24F5N2O6PS. The van der Waals surface area contributed by atoms with Crippen LogP contribution in [0.1, 0.15) is 24.0 Å². The molecule has 0 saturated heterocycles. The molecule has 0 radical (unpaired) electrons. The molecule has 200 valence electrons. The standard InChI is InChI=1S/C21H24F5N2O6PS/c22-20(23)35(30,31)34-17-11-9-16(10-12-17)14-18(28-36(32,33)21(24,25)26)19(29)27-13-5-4-8-15-6-2-1-3-7-15/h1-3,6-7,9-12,18,20,28H,4-5,8,13-14H2,(H,27,29)(H,30,31)/t18-/m0/s1. The number of benzene rings is 2. The second kappa shape index (κ2) is 12.6. The third-order valence-electron chi connectivity index (χ3n) is 4.80. The summed E-state index contributed by atoms with van der Waals surface area (Å²) in [6.07, 6.45) is -2.33. The van der Waals surface area contributed by atoms with Gasteiger partial charge in [-0.3, -0.25) is 4.79 Å². The van der Waals surface area contributed by atoms with Crippen molar-refractivity contribution in [1.82, 2.24) is 10.0 Å². The van der Waals surface area contributed by atoms with Crippen molar-refractivity contribution >= 4 is 23.5 Å². The van der Waals surface area contributed by atoms with Gasteiger partial charge in [-0.15, -0.1) is 0 Å². The summed E-state index contributed by atoms with van der Waals surface area (Å²) in [7, 11) is -11.1. The highest BCUT2D eigenvalue weighted by molar-refractivity contribution is 7.90. The minimum atomic E-state index is -5.86. The highest BCUT2D eigenvalue weighted by Crippen LogP contribution is 2.48. The molecule has 0 spiro atoms. The molecule has 2 atom stereocenters. The van der Waals surface area contributed by atoms with Crippen LogP contribution in [-0.4, -0.2) is 43.5 Å². The zero-order chi connectivity index (χ0) is 27.0. The van der Waals surface area contributed by atoms with Crippen molar-refractivity contribution in [3.63, 3.8) is 0 Å². The Labute approximate surface area is 204 Å². The Morgan fingerprint density at radius 1 is 1.00 bits per heavy atom. The smallest absolute Gasteiger partial charge is 0.421 e. The maximum atomic E-state index is 12.9. The van der Waals surface area contributed by atoms with Gasteiger partial charge in [0.15, 0.2) is 0 Å². The lowest BCUT2D eigenvalue weighted by molar-refractivity contribution is -0.122. The number of amides is 1. The van der Waals surface area contributed by atoms with E-state index >= 15 is 0 Å². The van der Waals surface area contributed by atoms with E-state index < -0.39 is 53.4 Å². The molecule has 0 aromatic heterocycles. The predicted molar refractivity (Wildman–Crippen MR) is 121 cm³/mol. The van der Waals surface area contributed by atoms with Gasteiger partial charge in [-0.1, -0.05) is 42.5 Å². The van der Waals surface area contributed by atoms with Crippen molar-refractivity contribution in [1.29, 1.82) is 0 Å². The minimum Gasteiger partial charge on any atom is -0.421 e. The van der Waals surface area contributed by atoms with E-state index in [2.05, 4.69) is 9.84 Å². The van der Waals surface area contributed by atoms with E-state index in [1.165, 1.54) is 4.72 Å². The number of nitrogens with one attached hydrogen (secondary N) is 2. The Kier molecular flexibility index (Phi) is 10.4. The van der Waals surface area contributed by atoms with Crippen LogP contribution in [0.15, 0.2) is 54.6 Å². The Hall–Kier alpha value is -2.54. The second-order valence-corrected chi connectivity index (χ2v) is 11.0. The normalized spacial score (nSPS) is 14.8. The predicted octanol–water partition coefficient (Wildman–Crippen LogP) is 3.96. The Morgan fingerprint density at radius 3 is 2.17 bits per heavy atom. The van der Waals surface area contributed by atoms with Crippen LogP contribution in [0.5, 0.6) is 5.75 Å². The summed E-state index contributed by atoms with van der Waals surface area (Å²) in [6, 6.07) is 11.8. The Balaban J connectivity index is 2.04. The third-order valence-corrected chi connectivity index (χ3v) is 6.97. The lowest BCUT2D eigenvalue weighted by Gasteiger charge is -2.20. The van der Waals surface area contributed by atoms with Gasteiger partial charge in [0.25, 0.3) is 0 Å². The molecular weight excluding hydrogens is 534 g/mol. The van der Waals surface area contributed by atoms with Crippen molar-refractivity contribution in [3.05, 3.63) is 65.7 Å². The average Bonchev–Trinajstić information content (AvgIpc) is 2.79. The molecule has 1 unspecified atom stereocenters. The summed E-state index contributed by atoms with van der Waals surface area (Å²) >= 11 is 0. The van der Waals surface area contributed by atoms with Gasteiger partial charge in [-0.25, -0.2) is 13.0 Å². The fourth-order valence-electron chi connectivity index (χ4n) is 2.99. The fraction of sp³-hybridized carbons (Fsp3) is 0.381. The van der Waals surface area contributed by atoms with E-state index in [-0.39, 0.29) is 12.1 Å². The van der Waals surface area contributed by atoms with Gasteiger partial charge in [0.1, 0.15) is 11.8 Å². The monoisotopic (exact) mass is 558 g/mol. The number of unbranched alkanes of at least 4 members (excludes halogenated alkanes) is 1. The highest BCUT2D eigenvalue weighted by atomic mass is 32.2. The van der Waals surface area contributed by atoms with Crippen molar-refractivity contribution in [2.75, 3.05) is 6.54 Å². The number of aryl methyl sites for hydroxylation is 1. The van der Waals surface area contributed by atoms with Gasteiger partial charge in [0.2, 0.25) is 5.91 Å². The molecule has 8 nitrogen and oxygen atoms in total. The number of carbonyl (C=O) groups excluding carboxylic acids is 1. The van der Waals surface area contributed by atoms with E-state index in [9.17, 15) is 39.7 Å². The van der Waals surface area contributed by atoms with Crippen LogP contribution in [0.4, 0.5) is 22.0 Å². The zero-order valence-electron chi connectivity index (χ0n) is 18.6. The topological polar surface area (TPSA) is 122 Å². The van der Waals surface area contributed by atoms with Crippen LogP contribution in [0.2, 0.25) is 0 Å². The van der Waals surface area contributed by atoms with E-state index in [4.69, 9.17) is 4.89 Å². The SMILES string of the molecule is O=C(NCCCCc1ccccc1)[C@H](Cc1ccc(OP(=O)(O)C(F)F)cc1)NS(=O)(=O)C(F)(F)F. The first kappa shape index (κ1) is 29.7. The number of rotatable bonds is 13. The lowest BCUT2D eigenvalue weighted by Crippen LogP contribution is -2.51. The molecule has 0 bridgehead atoms. The molecule has 15 heteroatoms. The molecule has 3 N–H and O–H groups in total. The van der Waals surface area contributed by atoms with E-state index in [0.717, 1.165) is 29.8 Å². The summed E-state index contributed by atoms with van der Waals surface area (Å²) < 4.78 is 104. The molecule has 1 amide bonds. The van der Waals surface area contributed by atoms with Crippen molar-refractivity contribution in [2.24, 2.45) is 0 Å². The average molecular weight is 558 g/mol. The highest BCUT2D eigenvalue weighted by Gasteiger charge is 2.47. The van der Waals surface area contributed by atoms with Crippen molar-refractivity contribution in [2.45, 2.75) is 43.4 Å². The van der Waals surface area contributed by atoms with E-state index in [1.54, 1.807) is 0 Å². The van der Waals surface area contributed by atoms with Crippen LogP contribution in [-0.2, 0) is 32.2 Å². The summed E-state index contributed by atoms with van der Waals surface area (Å²) in [5.41, 5.74) is -4.46. The van der Waals surface area contributed by atoms with Gasteiger partial charge in [-0.05, 0) is 48.9 Å². The van der Waals surface area contributed by atoms with Gasteiger partial charge in [0, 0.05) is 6.54 Å². The molecule has 0 aliphatic heterocycles. The first-order chi connectivity index (χ1) is 16.7. The number of sulfonamides is 1. The molecule has 0 heterocycles. The molecule has 2 aromatic rings. The maximum absolute atomic E-state index is 12.9. The number of alkyl halides is 5. The molecule has 0 fully saturated rings. The summed E-state index contributed by atoms with van der Waals surface area (Å²) in [5, 5.41) is 2.41. The Bertz CT molecular complexity index is 1150. The molecule has 0 saturated carbocycles. The van der Waals surface area contributed by atoms with E-state index in [0.29, 0.717) is 19.3 Å². The molecule has 2 aromatic carbocycles. The van der Waals surface area contributed by atoms with Gasteiger partial charge >= 0.3 is 29.3 Å². The maximum Gasteiger partial charge on any atom is 0.511 e. The third kappa shape index (κ3) is 9.16. The molecule has 0 aliphatic rings.